The Hall–Kier alpha value is -1.18. The summed E-state index contributed by atoms with van der Waals surface area (Å²) < 4.78 is 0. The van der Waals surface area contributed by atoms with Crippen LogP contribution in [-0.4, -0.2) is 6.54 Å². The van der Waals surface area contributed by atoms with Crippen LogP contribution < -0.4 is 4.90 Å². The van der Waals surface area contributed by atoms with E-state index in [2.05, 4.69) is 42.2 Å². The molecule has 0 spiro atoms. The number of halogens is 2. The fourth-order valence-electron chi connectivity index (χ4n) is 3.10. The van der Waals surface area contributed by atoms with E-state index >= 15 is 0 Å². The van der Waals surface area contributed by atoms with Crippen LogP contribution in [0.5, 0.6) is 0 Å². The van der Waals surface area contributed by atoms with Crippen molar-refractivity contribution >= 4 is 28.9 Å². The van der Waals surface area contributed by atoms with Gasteiger partial charge in [-0.2, -0.15) is 0 Å². The van der Waals surface area contributed by atoms with Crippen molar-refractivity contribution in [3.05, 3.63) is 63.6 Å². The third-order valence-electron chi connectivity index (χ3n) is 4.18. The van der Waals surface area contributed by atoms with Crippen LogP contribution in [0.25, 0.3) is 0 Å². The summed E-state index contributed by atoms with van der Waals surface area (Å²) in [6.07, 6.45) is 3.62. The maximum atomic E-state index is 6.49. The molecule has 2 aromatic carbocycles. The van der Waals surface area contributed by atoms with Gasteiger partial charge in [0.15, 0.2) is 0 Å². The van der Waals surface area contributed by atoms with Crippen molar-refractivity contribution in [1.82, 2.24) is 0 Å². The molecule has 1 heterocycles. The lowest BCUT2D eigenvalue weighted by Gasteiger charge is -2.38. The molecule has 1 aliphatic rings. The molecular formula is C18H19Cl2N. The van der Waals surface area contributed by atoms with E-state index in [-0.39, 0.29) is 0 Å². The zero-order valence-electron chi connectivity index (χ0n) is 12.2. The predicted molar refractivity (Wildman–Crippen MR) is 91.6 cm³/mol. The van der Waals surface area contributed by atoms with E-state index < -0.39 is 0 Å². The molecule has 1 fully saturated rings. The number of hydrogen-bond acceptors (Lipinski definition) is 1. The van der Waals surface area contributed by atoms with Gasteiger partial charge in [0.05, 0.1) is 6.04 Å². The average Bonchev–Trinajstić information content (AvgIpc) is 2.48. The first kappa shape index (κ1) is 14.7. The molecule has 0 aromatic heterocycles. The second kappa shape index (κ2) is 6.29. The van der Waals surface area contributed by atoms with Gasteiger partial charge in [-0.1, -0.05) is 35.3 Å². The minimum Gasteiger partial charge on any atom is -0.364 e. The number of rotatable bonds is 2. The Labute approximate surface area is 136 Å². The Morgan fingerprint density at radius 1 is 1.00 bits per heavy atom. The van der Waals surface area contributed by atoms with E-state index in [1.165, 1.54) is 29.7 Å². The molecule has 2 aromatic rings. The molecule has 1 atom stereocenters. The lowest BCUT2D eigenvalue weighted by Crippen LogP contribution is -2.33. The molecule has 3 rings (SSSR count). The van der Waals surface area contributed by atoms with Crippen molar-refractivity contribution in [1.29, 1.82) is 0 Å². The van der Waals surface area contributed by atoms with Gasteiger partial charge in [-0.25, -0.2) is 0 Å². The van der Waals surface area contributed by atoms with E-state index in [0.29, 0.717) is 6.04 Å². The van der Waals surface area contributed by atoms with Crippen LogP contribution in [0.2, 0.25) is 10.0 Å². The van der Waals surface area contributed by atoms with Crippen LogP contribution in [0.4, 0.5) is 5.69 Å². The summed E-state index contributed by atoms with van der Waals surface area (Å²) in [7, 11) is 0. The van der Waals surface area contributed by atoms with Crippen molar-refractivity contribution in [3.8, 4) is 0 Å². The largest absolute Gasteiger partial charge is 0.364 e. The van der Waals surface area contributed by atoms with Crippen molar-refractivity contribution in [3.63, 3.8) is 0 Å². The minimum absolute atomic E-state index is 0.355. The van der Waals surface area contributed by atoms with E-state index in [9.17, 15) is 0 Å². The molecule has 110 valence electrons. The molecule has 0 N–H and O–H groups in total. The summed E-state index contributed by atoms with van der Waals surface area (Å²) in [6, 6.07) is 14.9. The summed E-state index contributed by atoms with van der Waals surface area (Å²) in [5.41, 5.74) is 3.66. The normalized spacial score (nSPS) is 18.8. The van der Waals surface area contributed by atoms with Gasteiger partial charge in [0, 0.05) is 22.3 Å². The zero-order chi connectivity index (χ0) is 14.8. The van der Waals surface area contributed by atoms with E-state index in [4.69, 9.17) is 23.2 Å². The Morgan fingerprint density at radius 2 is 1.76 bits per heavy atom. The second-order valence-corrected chi connectivity index (χ2v) is 6.55. The molecule has 21 heavy (non-hydrogen) atoms. The third-order valence-corrected chi connectivity index (χ3v) is 4.76. The molecular weight excluding hydrogens is 301 g/mol. The number of aryl methyl sites for hydroxylation is 1. The molecule has 3 heteroatoms. The van der Waals surface area contributed by atoms with Gasteiger partial charge in [-0.3, -0.25) is 0 Å². The fourth-order valence-corrected chi connectivity index (χ4v) is 3.59. The minimum atomic E-state index is 0.355. The average molecular weight is 320 g/mol. The van der Waals surface area contributed by atoms with Crippen LogP contribution in [-0.2, 0) is 0 Å². The number of hydrogen-bond donors (Lipinski definition) is 0. The zero-order valence-corrected chi connectivity index (χ0v) is 13.7. The molecule has 0 aliphatic carbocycles. The van der Waals surface area contributed by atoms with Crippen molar-refractivity contribution in [2.75, 3.05) is 11.4 Å². The van der Waals surface area contributed by atoms with Crippen LogP contribution in [0, 0.1) is 6.92 Å². The first-order valence-corrected chi connectivity index (χ1v) is 8.19. The van der Waals surface area contributed by atoms with E-state index in [1.54, 1.807) is 0 Å². The van der Waals surface area contributed by atoms with Crippen LogP contribution in [0.3, 0.4) is 0 Å². The van der Waals surface area contributed by atoms with Crippen LogP contribution in [0.1, 0.15) is 36.4 Å². The Balaban J connectivity index is 1.96. The number of anilines is 1. The molecule has 1 aliphatic heterocycles. The quantitative estimate of drug-likeness (QED) is 0.652. The second-order valence-electron chi connectivity index (χ2n) is 5.71. The highest BCUT2D eigenvalue weighted by atomic mass is 35.5. The molecule has 0 radical (unpaired) electrons. The third kappa shape index (κ3) is 3.20. The lowest BCUT2D eigenvalue weighted by atomic mass is 9.94. The van der Waals surface area contributed by atoms with Crippen molar-refractivity contribution < 1.29 is 0 Å². The smallest absolute Gasteiger partial charge is 0.0557 e. The first-order chi connectivity index (χ1) is 10.1. The number of benzene rings is 2. The summed E-state index contributed by atoms with van der Waals surface area (Å²) in [4.78, 5) is 2.45. The monoisotopic (exact) mass is 319 g/mol. The van der Waals surface area contributed by atoms with Gasteiger partial charge < -0.3 is 4.90 Å². The first-order valence-electron chi connectivity index (χ1n) is 7.43. The van der Waals surface area contributed by atoms with Gasteiger partial charge in [0.25, 0.3) is 0 Å². The fraction of sp³-hybridized carbons (Fsp3) is 0.333. The molecule has 1 unspecified atom stereocenters. The van der Waals surface area contributed by atoms with E-state index in [0.717, 1.165) is 23.0 Å². The van der Waals surface area contributed by atoms with Gasteiger partial charge in [0.1, 0.15) is 0 Å². The number of piperidine rings is 1. The van der Waals surface area contributed by atoms with Crippen LogP contribution >= 0.6 is 23.2 Å². The lowest BCUT2D eigenvalue weighted by molar-refractivity contribution is 0.473. The Bertz CT molecular complexity index is 622. The molecule has 1 saturated heterocycles. The molecule has 0 amide bonds. The van der Waals surface area contributed by atoms with Crippen molar-refractivity contribution in [2.24, 2.45) is 0 Å². The van der Waals surface area contributed by atoms with Gasteiger partial charge in [0.2, 0.25) is 0 Å². The standard InChI is InChI=1S/C18H19Cl2N/c1-13-5-10-16(17(20)12-13)18-4-2-3-11-21(18)15-8-6-14(19)7-9-15/h5-10,12,18H,2-4,11H2,1H3. The highest BCUT2D eigenvalue weighted by Crippen LogP contribution is 2.38. The van der Waals surface area contributed by atoms with Gasteiger partial charge in [-0.15, -0.1) is 0 Å². The van der Waals surface area contributed by atoms with E-state index in [1.807, 2.05) is 12.1 Å². The Kier molecular flexibility index (Phi) is 4.42. The predicted octanol–water partition coefficient (Wildman–Crippen LogP) is 6.03. The molecule has 0 bridgehead atoms. The maximum Gasteiger partial charge on any atom is 0.0557 e. The summed E-state index contributed by atoms with van der Waals surface area (Å²) in [5.74, 6) is 0. The maximum absolute atomic E-state index is 6.49. The summed E-state index contributed by atoms with van der Waals surface area (Å²) >= 11 is 12.5. The van der Waals surface area contributed by atoms with Crippen molar-refractivity contribution in [2.45, 2.75) is 32.2 Å². The topological polar surface area (TPSA) is 3.24 Å². The number of nitrogens with zero attached hydrogens (tertiary/aromatic N) is 1. The molecule has 0 saturated carbocycles. The summed E-state index contributed by atoms with van der Waals surface area (Å²) in [5, 5.41) is 1.65. The highest BCUT2D eigenvalue weighted by molar-refractivity contribution is 6.31. The summed E-state index contributed by atoms with van der Waals surface area (Å²) in [6.45, 7) is 3.14. The SMILES string of the molecule is Cc1ccc(C2CCCCN2c2ccc(Cl)cc2)c(Cl)c1. The van der Waals surface area contributed by atoms with Gasteiger partial charge >= 0.3 is 0 Å². The highest BCUT2D eigenvalue weighted by Gasteiger charge is 2.25. The molecule has 1 nitrogen and oxygen atoms in total. The van der Waals surface area contributed by atoms with Gasteiger partial charge in [-0.05, 0) is 67.6 Å². The Morgan fingerprint density at radius 3 is 2.48 bits per heavy atom. The van der Waals surface area contributed by atoms with Crippen LogP contribution in [0.15, 0.2) is 42.5 Å².